The molecule has 0 aliphatic carbocycles. The fraction of sp³-hybridized carbons (Fsp3) is 0.429. The van der Waals surface area contributed by atoms with E-state index < -0.39 is 25.4 Å². The van der Waals surface area contributed by atoms with Crippen molar-refractivity contribution < 1.29 is 16.8 Å². The molecule has 1 saturated heterocycles. The van der Waals surface area contributed by atoms with E-state index in [1.54, 1.807) is 19.1 Å². The number of hydrogen-bond acceptors (Lipinski definition) is 4. The van der Waals surface area contributed by atoms with E-state index in [4.69, 9.17) is 0 Å². The predicted octanol–water partition coefficient (Wildman–Crippen LogP) is 2.97. The monoisotopic (exact) mass is 485 g/mol. The molecule has 0 aromatic heterocycles. The van der Waals surface area contributed by atoms with Crippen molar-refractivity contribution in [1.29, 1.82) is 0 Å². The van der Waals surface area contributed by atoms with E-state index in [1.807, 2.05) is 0 Å². The summed E-state index contributed by atoms with van der Waals surface area (Å²) in [4.78, 5) is 0.0965. The first kappa shape index (κ1) is 19.1. The number of rotatable bonds is 5. The summed E-state index contributed by atoms with van der Waals surface area (Å²) in [6.45, 7) is 5.33. The molecule has 0 spiro atoms. The molecule has 1 atom stereocenters. The van der Waals surface area contributed by atoms with Crippen LogP contribution in [0.1, 0.15) is 13.3 Å². The van der Waals surface area contributed by atoms with Gasteiger partial charge in [0.2, 0.25) is 10.0 Å². The third-order valence-corrected chi connectivity index (χ3v) is 9.24. The van der Waals surface area contributed by atoms with E-state index in [-0.39, 0.29) is 29.4 Å². The van der Waals surface area contributed by atoms with E-state index in [0.717, 1.165) is 0 Å². The summed E-state index contributed by atoms with van der Waals surface area (Å²) in [5.41, 5.74) is -0.979. The molecule has 23 heavy (non-hydrogen) atoms. The molecule has 1 aliphatic rings. The average Bonchev–Trinajstić information content (AvgIpc) is 2.73. The second-order valence-electron chi connectivity index (χ2n) is 5.74. The highest BCUT2D eigenvalue weighted by Gasteiger charge is 2.47. The van der Waals surface area contributed by atoms with Gasteiger partial charge in [-0.2, -0.15) is 4.31 Å². The van der Waals surface area contributed by atoms with Crippen LogP contribution < -0.4 is 0 Å². The Bertz CT molecular complexity index is 836. The third kappa shape index (κ3) is 3.89. The molecule has 1 aromatic carbocycles. The first-order chi connectivity index (χ1) is 10.5. The molecule has 1 heterocycles. The average molecular weight is 487 g/mol. The quantitative estimate of drug-likeness (QED) is 0.600. The lowest BCUT2D eigenvalue weighted by Crippen LogP contribution is -2.50. The molecule has 0 unspecified atom stereocenters. The molecular formula is C14H17Br2NO4S2. The highest BCUT2D eigenvalue weighted by molar-refractivity contribution is 9.11. The van der Waals surface area contributed by atoms with Gasteiger partial charge in [0.05, 0.1) is 16.4 Å². The second-order valence-corrected chi connectivity index (χ2v) is 11.5. The van der Waals surface area contributed by atoms with Gasteiger partial charge in [-0.1, -0.05) is 22.0 Å². The van der Waals surface area contributed by atoms with Crippen molar-refractivity contribution in [2.45, 2.75) is 23.8 Å². The van der Waals surface area contributed by atoms with Crippen LogP contribution in [0.25, 0.3) is 0 Å². The Morgan fingerprint density at radius 3 is 2.57 bits per heavy atom. The Morgan fingerprint density at radius 2 is 2.04 bits per heavy atom. The molecule has 1 fully saturated rings. The van der Waals surface area contributed by atoms with Gasteiger partial charge in [-0.3, -0.25) is 0 Å². The topological polar surface area (TPSA) is 71.5 Å². The van der Waals surface area contributed by atoms with Gasteiger partial charge >= 0.3 is 0 Å². The minimum Gasteiger partial charge on any atom is -0.229 e. The molecule has 0 radical (unpaired) electrons. The Morgan fingerprint density at radius 1 is 1.39 bits per heavy atom. The fourth-order valence-electron chi connectivity index (χ4n) is 2.71. The smallest absolute Gasteiger partial charge is 0.229 e. The molecule has 5 nitrogen and oxygen atoms in total. The maximum atomic E-state index is 13.1. The minimum absolute atomic E-state index is 0.00762. The SMILES string of the molecule is C=CCN([C@@]1(C)CCS(=O)(=O)C1)S(=O)(=O)c1cc(Br)ccc1Br. The number of nitrogens with zero attached hydrogens (tertiary/aromatic N) is 1. The van der Waals surface area contributed by atoms with Crippen LogP contribution in [0, 0.1) is 0 Å². The van der Waals surface area contributed by atoms with Crippen LogP contribution in [0.2, 0.25) is 0 Å². The molecule has 0 N–H and O–H groups in total. The third-order valence-electron chi connectivity index (χ3n) is 3.84. The second kappa shape index (κ2) is 6.59. The number of halogens is 2. The summed E-state index contributed by atoms with van der Waals surface area (Å²) in [7, 11) is -7.13. The van der Waals surface area contributed by atoms with E-state index in [0.29, 0.717) is 8.95 Å². The molecule has 0 amide bonds. The Balaban J connectivity index is 2.57. The highest BCUT2D eigenvalue weighted by atomic mass is 79.9. The van der Waals surface area contributed by atoms with E-state index >= 15 is 0 Å². The van der Waals surface area contributed by atoms with Crippen molar-refractivity contribution in [2.24, 2.45) is 0 Å². The van der Waals surface area contributed by atoms with Crippen LogP contribution in [0.4, 0.5) is 0 Å². The fourth-order valence-corrected chi connectivity index (χ4v) is 8.17. The van der Waals surface area contributed by atoms with Crippen molar-refractivity contribution in [3.05, 3.63) is 39.8 Å². The number of benzene rings is 1. The lowest BCUT2D eigenvalue weighted by Gasteiger charge is -2.36. The summed E-state index contributed by atoms with van der Waals surface area (Å²) in [5, 5.41) is 0. The van der Waals surface area contributed by atoms with Crippen molar-refractivity contribution >= 4 is 51.7 Å². The van der Waals surface area contributed by atoms with Crippen LogP contribution in [0.3, 0.4) is 0 Å². The van der Waals surface area contributed by atoms with Gasteiger partial charge in [0.15, 0.2) is 9.84 Å². The molecule has 2 rings (SSSR count). The number of sulfone groups is 1. The largest absolute Gasteiger partial charge is 0.245 e. The van der Waals surface area contributed by atoms with Crippen LogP contribution >= 0.6 is 31.9 Å². The van der Waals surface area contributed by atoms with Crippen molar-refractivity contribution in [2.75, 3.05) is 18.1 Å². The molecule has 1 aliphatic heterocycles. The molecule has 1 aromatic rings. The minimum atomic E-state index is -3.89. The summed E-state index contributed by atoms with van der Waals surface area (Å²) < 4.78 is 52.3. The molecule has 0 bridgehead atoms. The molecule has 0 saturated carbocycles. The zero-order valence-corrected chi connectivity index (χ0v) is 17.3. The Labute approximate surface area is 154 Å². The highest BCUT2D eigenvalue weighted by Crippen LogP contribution is 2.36. The number of sulfonamides is 1. The van der Waals surface area contributed by atoms with Gasteiger partial charge in [0, 0.05) is 21.0 Å². The zero-order valence-electron chi connectivity index (χ0n) is 12.5. The van der Waals surface area contributed by atoms with Gasteiger partial charge in [-0.15, -0.1) is 6.58 Å². The maximum Gasteiger partial charge on any atom is 0.245 e. The van der Waals surface area contributed by atoms with Crippen molar-refractivity contribution in [3.8, 4) is 0 Å². The van der Waals surface area contributed by atoms with Gasteiger partial charge in [-0.25, -0.2) is 16.8 Å². The summed E-state index contributed by atoms with van der Waals surface area (Å²) in [6.07, 6.45) is 1.74. The summed E-state index contributed by atoms with van der Waals surface area (Å²) in [6, 6.07) is 4.86. The van der Waals surface area contributed by atoms with Crippen molar-refractivity contribution in [3.63, 3.8) is 0 Å². The van der Waals surface area contributed by atoms with Gasteiger partial charge in [0.25, 0.3) is 0 Å². The van der Waals surface area contributed by atoms with Crippen LogP contribution in [0.5, 0.6) is 0 Å². The normalized spacial score (nSPS) is 24.0. The summed E-state index contributed by atoms with van der Waals surface area (Å²) >= 11 is 6.54. The van der Waals surface area contributed by atoms with Gasteiger partial charge in [-0.05, 0) is 47.5 Å². The standard InChI is InChI=1S/C14H17Br2NO4S2/c1-3-7-17(14(2)6-8-22(18,19)10-14)23(20,21)13-9-11(15)4-5-12(13)16/h3-5,9H,1,6-8,10H2,2H3/t14-/m0/s1. The van der Waals surface area contributed by atoms with Crippen LogP contribution in [-0.4, -0.2) is 44.7 Å². The van der Waals surface area contributed by atoms with Crippen LogP contribution in [0.15, 0.2) is 44.7 Å². The molecule has 128 valence electrons. The van der Waals surface area contributed by atoms with E-state index in [1.165, 1.54) is 16.4 Å². The lowest BCUT2D eigenvalue weighted by atomic mass is 10.0. The Kier molecular flexibility index (Phi) is 5.47. The van der Waals surface area contributed by atoms with Crippen LogP contribution in [-0.2, 0) is 19.9 Å². The molecule has 9 heteroatoms. The van der Waals surface area contributed by atoms with Gasteiger partial charge in [0.1, 0.15) is 0 Å². The predicted molar refractivity (Wildman–Crippen MR) is 97.6 cm³/mol. The Hall–Kier alpha value is -0.220. The van der Waals surface area contributed by atoms with E-state index in [9.17, 15) is 16.8 Å². The van der Waals surface area contributed by atoms with Gasteiger partial charge < -0.3 is 0 Å². The lowest BCUT2D eigenvalue weighted by molar-refractivity contribution is 0.252. The number of hydrogen-bond donors (Lipinski definition) is 0. The zero-order chi connectivity index (χ0) is 17.5. The first-order valence-corrected chi connectivity index (χ1v) is 11.7. The molecular weight excluding hydrogens is 470 g/mol. The first-order valence-electron chi connectivity index (χ1n) is 6.81. The van der Waals surface area contributed by atoms with Crippen molar-refractivity contribution in [1.82, 2.24) is 4.31 Å². The van der Waals surface area contributed by atoms with E-state index in [2.05, 4.69) is 38.4 Å². The summed E-state index contributed by atoms with van der Waals surface area (Å²) in [5.74, 6) is -0.189. The maximum absolute atomic E-state index is 13.1.